The summed E-state index contributed by atoms with van der Waals surface area (Å²) in [7, 11) is 6.27. The van der Waals surface area contributed by atoms with E-state index in [-0.39, 0.29) is 19.8 Å². The fourth-order valence-electron chi connectivity index (χ4n) is 3.75. The predicted molar refractivity (Wildman–Crippen MR) is 170 cm³/mol. The standard InChI is InChI=1S/C23H28O7.C6H12O4.C2H6O.C2H6/c1-15-17(12-24)11-19(26-5)22(21(15)27-6)29-13-16-7-9-18(10-8-16)28-14-20(25)30-23(2,3)4;7-3-5-6(9)4(8)1-2-10-5;1-3-2;1-2/h7-12H,13-14H2,1-6H3;4-9H,1-3H2;1-2H3;1-2H3/t;4-,5-,6+;;/m.1../s1. The van der Waals surface area contributed by atoms with Crippen LogP contribution in [0.1, 0.15) is 62.5 Å². The van der Waals surface area contributed by atoms with E-state index in [0.29, 0.717) is 47.2 Å². The van der Waals surface area contributed by atoms with E-state index in [1.54, 1.807) is 60.1 Å². The van der Waals surface area contributed by atoms with Gasteiger partial charge in [-0.05, 0) is 57.9 Å². The van der Waals surface area contributed by atoms with Gasteiger partial charge in [-0.2, -0.15) is 0 Å². The highest BCUT2D eigenvalue weighted by Gasteiger charge is 2.30. The molecular weight excluding hydrogens is 588 g/mol. The fourth-order valence-corrected chi connectivity index (χ4v) is 3.75. The van der Waals surface area contributed by atoms with E-state index in [4.69, 9.17) is 43.7 Å². The third kappa shape index (κ3) is 14.9. The molecule has 0 aromatic heterocycles. The number of carbonyl (C=O) groups is 2. The zero-order valence-electron chi connectivity index (χ0n) is 28.2. The van der Waals surface area contributed by atoms with Crippen molar-refractivity contribution in [2.24, 2.45) is 0 Å². The summed E-state index contributed by atoms with van der Waals surface area (Å²) in [6, 6.07) is 8.77. The van der Waals surface area contributed by atoms with Crippen molar-refractivity contribution >= 4 is 12.3 Å². The van der Waals surface area contributed by atoms with Gasteiger partial charge in [0.2, 0.25) is 5.75 Å². The second kappa shape index (κ2) is 22.1. The lowest BCUT2D eigenvalue weighted by atomic mass is 10.0. The third-order valence-electron chi connectivity index (χ3n) is 5.83. The second-order valence-electron chi connectivity index (χ2n) is 10.4. The Morgan fingerprint density at radius 3 is 2.07 bits per heavy atom. The molecular formula is C33H52O12. The van der Waals surface area contributed by atoms with Crippen molar-refractivity contribution in [3.63, 3.8) is 0 Å². The largest absolute Gasteiger partial charge is 0.493 e. The maximum absolute atomic E-state index is 11.7. The van der Waals surface area contributed by atoms with Crippen molar-refractivity contribution in [1.82, 2.24) is 0 Å². The first-order valence-corrected chi connectivity index (χ1v) is 14.6. The van der Waals surface area contributed by atoms with Gasteiger partial charge >= 0.3 is 5.97 Å². The summed E-state index contributed by atoms with van der Waals surface area (Å²) in [5.74, 6) is 1.41. The van der Waals surface area contributed by atoms with Crippen molar-refractivity contribution in [2.75, 3.05) is 48.3 Å². The summed E-state index contributed by atoms with van der Waals surface area (Å²) >= 11 is 0. The molecule has 0 unspecified atom stereocenters. The molecule has 0 saturated carbocycles. The van der Waals surface area contributed by atoms with E-state index in [1.807, 2.05) is 26.0 Å². The molecule has 0 bridgehead atoms. The number of hydrogen-bond acceptors (Lipinski definition) is 12. The second-order valence-corrected chi connectivity index (χ2v) is 10.4. The average molecular weight is 641 g/mol. The first-order chi connectivity index (χ1) is 21.3. The molecule has 2 aromatic rings. The Morgan fingerprint density at radius 1 is 1.00 bits per heavy atom. The highest BCUT2D eigenvalue weighted by Crippen LogP contribution is 2.41. The highest BCUT2D eigenvalue weighted by molar-refractivity contribution is 5.81. The molecule has 3 rings (SSSR count). The van der Waals surface area contributed by atoms with Crippen LogP contribution >= 0.6 is 0 Å². The summed E-state index contributed by atoms with van der Waals surface area (Å²) in [5, 5.41) is 26.7. The van der Waals surface area contributed by atoms with Gasteiger partial charge in [-0.15, -0.1) is 0 Å². The van der Waals surface area contributed by atoms with Crippen LogP contribution in [0.4, 0.5) is 0 Å². The minimum Gasteiger partial charge on any atom is -0.493 e. The molecule has 0 amide bonds. The average Bonchev–Trinajstić information content (AvgIpc) is 3.01. The van der Waals surface area contributed by atoms with E-state index in [0.717, 1.165) is 11.8 Å². The molecule has 45 heavy (non-hydrogen) atoms. The molecule has 1 saturated heterocycles. The Morgan fingerprint density at radius 2 is 1.60 bits per heavy atom. The van der Waals surface area contributed by atoms with Crippen LogP contribution < -0.4 is 18.9 Å². The Hall–Kier alpha value is -3.42. The van der Waals surface area contributed by atoms with Crippen LogP contribution in [-0.4, -0.2) is 99.7 Å². The molecule has 3 N–H and O–H groups in total. The van der Waals surface area contributed by atoms with Gasteiger partial charge in [0, 0.05) is 32.0 Å². The van der Waals surface area contributed by atoms with Crippen molar-refractivity contribution in [1.29, 1.82) is 0 Å². The Balaban J connectivity index is 0.00000107. The molecule has 1 heterocycles. The number of esters is 1. The zero-order valence-corrected chi connectivity index (χ0v) is 28.2. The lowest BCUT2D eigenvalue weighted by Crippen LogP contribution is -2.46. The third-order valence-corrected chi connectivity index (χ3v) is 5.83. The van der Waals surface area contributed by atoms with Gasteiger partial charge in [0.05, 0.1) is 26.9 Å². The van der Waals surface area contributed by atoms with Gasteiger partial charge < -0.3 is 48.5 Å². The van der Waals surface area contributed by atoms with E-state index in [9.17, 15) is 9.59 Å². The number of hydrogen-bond donors (Lipinski definition) is 3. The Kier molecular flexibility index (Phi) is 20.5. The van der Waals surface area contributed by atoms with Gasteiger partial charge in [-0.3, -0.25) is 4.79 Å². The maximum atomic E-state index is 11.7. The summed E-state index contributed by atoms with van der Waals surface area (Å²) in [5.41, 5.74) is 1.48. The van der Waals surface area contributed by atoms with E-state index in [2.05, 4.69) is 4.74 Å². The van der Waals surface area contributed by atoms with Crippen molar-refractivity contribution in [2.45, 2.75) is 78.5 Å². The smallest absolute Gasteiger partial charge is 0.344 e. The molecule has 1 aliphatic heterocycles. The molecule has 2 aromatic carbocycles. The molecule has 1 aliphatic rings. The molecule has 12 heteroatoms. The van der Waals surface area contributed by atoms with E-state index < -0.39 is 29.9 Å². The summed E-state index contributed by atoms with van der Waals surface area (Å²) in [6.45, 7) is 11.4. The zero-order chi connectivity index (χ0) is 34.6. The maximum Gasteiger partial charge on any atom is 0.344 e. The molecule has 0 spiro atoms. The lowest BCUT2D eigenvalue weighted by Gasteiger charge is -2.30. The van der Waals surface area contributed by atoms with Crippen molar-refractivity contribution in [3.05, 3.63) is 47.0 Å². The minimum atomic E-state index is -0.932. The number of methoxy groups -OCH3 is 3. The monoisotopic (exact) mass is 640 g/mol. The van der Waals surface area contributed by atoms with Crippen molar-refractivity contribution < 1.29 is 58.1 Å². The molecule has 12 nitrogen and oxygen atoms in total. The summed E-state index contributed by atoms with van der Waals surface area (Å²) in [4.78, 5) is 23.0. The van der Waals surface area contributed by atoms with E-state index >= 15 is 0 Å². The molecule has 1 fully saturated rings. The van der Waals surface area contributed by atoms with Gasteiger partial charge in [0.25, 0.3) is 0 Å². The van der Waals surface area contributed by atoms with Gasteiger partial charge in [0.1, 0.15) is 30.2 Å². The van der Waals surface area contributed by atoms with Gasteiger partial charge in [0.15, 0.2) is 24.4 Å². The van der Waals surface area contributed by atoms with Gasteiger partial charge in [-0.25, -0.2) is 4.79 Å². The fraction of sp³-hybridized carbons (Fsp3) is 0.576. The Labute approximate surface area is 267 Å². The normalized spacial score (nSPS) is 17.0. The number of carbonyl (C=O) groups excluding carboxylic acids is 2. The highest BCUT2D eigenvalue weighted by atomic mass is 16.6. The minimum absolute atomic E-state index is 0.163. The first kappa shape index (κ1) is 41.6. The van der Waals surface area contributed by atoms with Crippen LogP contribution in [0.25, 0.3) is 0 Å². The first-order valence-electron chi connectivity index (χ1n) is 14.6. The number of rotatable bonds is 10. The topological polar surface area (TPSA) is 159 Å². The SMILES string of the molecule is CC.COC.COc1cc(C=O)c(C)c(OC)c1OCc1ccc(OCC(=O)OC(C)(C)C)cc1.OC[C@H]1OCC[C@@H](O)[C@@H]1O. The van der Waals surface area contributed by atoms with Crippen molar-refractivity contribution in [3.8, 4) is 23.0 Å². The number of benzene rings is 2. The van der Waals surface area contributed by atoms with Crippen LogP contribution in [0.15, 0.2) is 30.3 Å². The quantitative estimate of drug-likeness (QED) is 0.254. The Bertz CT molecular complexity index is 1110. The van der Waals surface area contributed by atoms with Gasteiger partial charge in [-0.1, -0.05) is 26.0 Å². The van der Waals surface area contributed by atoms with Crippen LogP contribution in [-0.2, 0) is 25.6 Å². The number of aliphatic hydroxyl groups excluding tert-OH is 3. The predicted octanol–water partition coefficient (Wildman–Crippen LogP) is 3.90. The summed E-state index contributed by atoms with van der Waals surface area (Å²) < 4.78 is 36.6. The number of ether oxygens (including phenoxy) is 7. The van der Waals surface area contributed by atoms with Crippen LogP contribution in [0.2, 0.25) is 0 Å². The molecule has 3 atom stereocenters. The molecule has 0 aliphatic carbocycles. The lowest BCUT2D eigenvalue weighted by molar-refractivity contribution is -0.157. The van der Waals surface area contributed by atoms with Crippen LogP contribution in [0, 0.1) is 6.92 Å². The van der Waals surface area contributed by atoms with Crippen LogP contribution in [0.5, 0.6) is 23.0 Å². The molecule has 256 valence electrons. The van der Waals surface area contributed by atoms with Crippen LogP contribution in [0.3, 0.4) is 0 Å². The number of aliphatic hydroxyl groups is 3. The summed E-state index contributed by atoms with van der Waals surface area (Å²) in [6.07, 6.45) is -1.09. The number of aldehydes is 1. The molecule has 0 radical (unpaired) electrons. The van der Waals surface area contributed by atoms with E-state index in [1.165, 1.54) is 14.2 Å².